The van der Waals surface area contributed by atoms with Crippen molar-refractivity contribution in [1.29, 1.82) is 0 Å². The minimum absolute atomic E-state index is 0.137. The van der Waals surface area contributed by atoms with Crippen molar-refractivity contribution in [3.63, 3.8) is 0 Å². The van der Waals surface area contributed by atoms with Crippen LogP contribution >= 0.6 is 0 Å². The molecule has 0 amide bonds. The fraction of sp³-hybridized carbons (Fsp3) is 0.529. The van der Waals surface area contributed by atoms with E-state index in [1.54, 1.807) is 0 Å². The second kappa shape index (κ2) is 8.06. The molecule has 5 nitrogen and oxygen atoms in total. The van der Waals surface area contributed by atoms with Crippen LogP contribution in [-0.4, -0.2) is 39.8 Å². The topological polar surface area (TPSA) is 62.4 Å². The van der Waals surface area contributed by atoms with Gasteiger partial charge in [0, 0.05) is 12.1 Å². The first-order chi connectivity index (χ1) is 10.6. The normalized spacial score (nSPS) is 11.5. The molecule has 0 unspecified atom stereocenters. The maximum atomic E-state index is 9.09. The maximum Gasteiger partial charge on any atom is 0.241 e. The fourth-order valence-corrected chi connectivity index (χ4v) is 2.37. The second-order valence-corrected chi connectivity index (χ2v) is 5.79. The lowest BCUT2D eigenvalue weighted by Gasteiger charge is -2.17. The lowest BCUT2D eigenvalue weighted by molar-refractivity contribution is 0.174. The number of rotatable bonds is 8. The van der Waals surface area contributed by atoms with Gasteiger partial charge < -0.3 is 9.63 Å². The number of nitrogens with zero attached hydrogens (tertiary/aromatic N) is 3. The number of aliphatic hydroxyl groups is 1. The third-order valence-corrected chi connectivity index (χ3v) is 3.62. The molecule has 0 saturated heterocycles. The molecule has 5 heteroatoms. The molecule has 120 valence electrons. The molecular weight excluding hydrogens is 278 g/mol. The van der Waals surface area contributed by atoms with Crippen LogP contribution in [0.1, 0.15) is 44.6 Å². The summed E-state index contributed by atoms with van der Waals surface area (Å²) in [6.45, 7) is 8.69. The third kappa shape index (κ3) is 4.39. The molecule has 2 rings (SSSR count). The maximum absolute atomic E-state index is 9.09. The van der Waals surface area contributed by atoms with Gasteiger partial charge in [-0.25, -0.2) is 0 Å². The van der Waals surface area contributed by atoms with Crippen molar-refractivity contribution in [3.8, 4) is 11.4 Å². The first-order valence-electron chi connectivity index (χ1n) is 7.90. The minimum Gasteiger partial charge on any atom is -0.395 e. The number of hydrogen-bond acceptors (Lipinski definition) is 5. The van der Waals surface area contributed by atoms with Gasteiger partial charge in [-0.3, -0.25) is 4.90 Å². The van der Waals surface area contributed by atoms with E-state index in [2.05, 4.69) is 47.9 Å². The summed E-state index contributed by atoms with van der Waals surface area (Å²) < 4.78 is 5.34. The molecule has 1 aromatic carbocycles. The predicted octanol–water partition coefficient (Wildman–Crippen LogP) is 3.06. The van der Waals surface area contributed by atoms with Crippen molar-refractivity contribution in [2.45, 2.75) is 39.7 Å². The molecule has 0 bridgehead atoms. The van der Waals surface area contributed by atoms with E-state index in [0.717, 1.165) is 18.5 Å². The number of benzene rings is 1. The molecule has 0 spiro atoms. The molecule has 0 atom stereocenters. The Morgan fingerprint density at radius 3 is 2.50 bits per heavy atom. The van der Waals surface area contributed by atoms with Crippen molar-refractivity contribution < 1.29 is 9.63 Å². The van der Waals surface area contributed by atoms with Gasteiger partial charge in [-0.2, -0.15) is 4.98 Å². The zero-order chi connectivity index (χ0) is 15.9. The Morgan fingerprint density at radius 2 is 1.91 bits per heavy atom. The molecule has 0 saturated carbocycles. The molecule has 1 heterocycles. The van der Waals surface area contributed by atoms with Crippen LogP contribution in [0.15, 0.2) is 28.8 Å². The molecule has 1 N–H and O–H groups in total. The highest BCUT2D eigenvalue weighted by molar-refractivity contribution is 5.54. The summed E-state index contributed by atoms with van der Waals surface area (Å²) in [5, 5.41) is 13.1. The summed E-state index contributed by atoms with van der Waals surface area (Å²) in [5.74, 6) is 1.71. The van der Waals surface area contributed by atoms with E-state index in [0.29, 0.717) is 30.7 Å². The largest absolute Gasteiger partial charge is 0.395 e. The van der Waals surface area contributed by atoms with Gasteiger partial charge in [-0.05, 0) is 24.4 Å². The average molecular weight is 303 g/mol. The molecule has 0 aliphatic carbocycles. The van der Waals surface area contributed by atoms with E-state index in [-0.39, 0.29) is 6.61 Å². The predicted molar refractivity (Wildman–Crippen MR) is 86.5 cm³/mol. The van der Waals surface area contributed by atoms with Crippen molar-refractivity contribution in [3.05, 3.63) is 35.7 Å². The smallest absolute Gasteiger partial charge is 0.241 e. The van der Waals surface area contributed by atoms with Crippen LogP contribution in [0, 0.1) is 0 Å². The zero-order valence-electron chi connectivity index (χ0n) is 13.6. The summed E-state index contributed by atoms with van der Waals surface area (Å²) in [6.07, 6.45) is 1.03. The van der Waals surface area contributed by atoms with Crippen LogP contribution in [0.4, 0.5) is 0 Å². The van der Waals surface area contributed by atoms with E-state index in [9.17, 15) is 0 Å². The van der Waals surface area contributed by atoms with Gasteiger partial charge in [-0.15, -0.1) is 0 Å². The Bertz CT molecular complexity index is 558. The number of hydrogen-bond donors (Lipinski definition) is 1. The van der Waals surface area contributed by atoms with Gasteiger partial charge in [0.25, 0.3) is 0 Å². The van der Waals surface area contributed by atoms with E-state index in [1.165, 1.54) is 5.56 Å². The molecule has 0 aliphatic heterocycles. The molecule has 0 fully saturated rings. The fourth-order valence-electron chi connectivity index (χ4n) is 2.37. The molecule has 22 heavy (non-hydrogen) atoms. The van der Waals surface area contributed by atoms with Crippen LogP contribution in [0.25, 0.3) is 11.4 Å². The van der Waals surface area contributed by atoms with Gasteiger partial charge in [0.2, 0.25) is 11.7 Å². The Hall–Kier alpha value is -1.72. The lowest BCUT2D eigenvalue weighted by atomic mass is 10.0. The summed E-state index contributed by atoms with van der Waals surface area (Å²) in [6, 6.07) is 8.26. The summed E-state index contributed by atoms with van der Waals surface area (Å²) in [4.78, 5) is 6.57. The Kier molecular flexibility index (Phi) is 6.10. The SMILES string of the molecule is CCCN(CCO)Cc1nc(-c2ccc(C(C)C)cc2)no1. The minimum atomic E-state index is 0.137. The molecule has 2 aromatic rings. The number of aromatic nitrogens is 2. The van der Waals surface area contributed by atoms with Crippen LogP contribution in [0.3, 0.4) is 0 Å². The Labute approximate surface area is 132 Å². The molecule has 0 radical (unpaired) electrons. The van der Waals surface area contributed by atoms with Crippen molar-refractivity contribution >= 4 is 0 Å². The van der Waals surface area contributed by atoms with Gasteiger partial charge in [0.15, 0.2) is 0 Å². The van der Waals surface area contributed by atoms with Crippen molar-refractivity contribution in [2.24, 2.45) is 0 Å². The quantitative estimate of drug-likeness (QED) is 0.812. The van der Waals surface area contributed by atoms with E-state index in [4.69, 9.17) is 9.63 Å². The van der Waals surface area contributed by atoms with Gasteiger partial charge >= 0.3 is 0 Å². The van der Waals surface area contributed by atoms with Crippen LogP contribution in [0.2, 0.25) is 0 Å². The zero-order valence-corrected chi connectivity index (χ0v) is 13.6. The van der Waals surface area contributed by atoms with Crippen LogP contribution in [-0.2, 0) is 6.54 Å². The van der Waals surface area contributed by atoms with Crippen molar-refractivity contribution in [2.75, 3.05) is 19.7 Å². The lowest BCUT2D eigenvalue weighted by Crippen LogP contribution is -2.27. The first-order valence-corrected chi connectivity index (χ1v) is 7.90. The van der Waals surface area contributed by atoms with Crippen LogP contribution < -0.4 is 0 Å². The first kappa shape index (κ1) is 16.6. The van der Waals surface area contributed by atoms with Gasteiger partial charge in [0.1, 0.15) is 0 Å². The summed E-state index contributed by atoms with van der Waals surface area (Å²) >= 11 is 0. The Balaban J connectivity index is 2.06. The standard InChI is InChI=1S/C17H25N3O2/c1-4-9-20(10-11-21)12-16-18-17(19-22-16)15-7-5-14(6-8-15)13(2)3/h5-8,13,21H,4,9-12H2,1-3H3. The van der Waals surface area contributed by atoms with E-state index < -0.39 is 0 Å². The second-order valence-electron chi connectivity index (χ2n) is 5.79. The monoisotopic (exact) mass is 303 g/mol. The number of aliphatic hydroxyl groups excluding tert-OH is 1. The Morgan fingerprint density at radius 1 is 1.18 bits per heavy atom. The highest BCUT2D eigenvalue weighted by Crippen LogP contribution is 2.20. The van der Waals surface area contributed by atoms with Gasteiger partial charge in [0.05, 0.1) is 13.2 Å². The van der Waals surface area contributed by atoms with Crippen molar-refractivity contribution in [1.82, 2.24) is 15.0 Å². The highest BCUT2D eigenvalue weighted by Gasteiger charge is 2.12. The molecule has 0 aliphatic rings. The van der Waals surface area contributed by atoms with Gasteiger partial charge in [-0.1, -0.05) is 50.2 Å². The molecule has 1 aromatic heterocycles. The third-order valence-electron chi connectivity index (χ3n) is 3.62. The van der Waals surface area contributed by atoms with Crippen LogP contribution in [0.5, 0.6) is 0 Å². The summed E-state index contributed by atoms with van der Waals surface area (Å²) in [5.41, 5.74) is 2.26. The van der Waals surface area contributed by atoms with E-state index in [1.807, 2.05) is 12.1 Å². The van der Waals surface area contributed by atoms with E-state index >= 15 is 0 Å². The average Bonchev–Trinajstić information content (AvgIpc) is 2.96. The highest BCUT2D eigenvalue weighted by atomic mass is 16.5. The summed E-state index contributed by atoms with van der Waals surface area (Å²) in [7, 11) is 0. The molecular formula is C17H25N3O2.